The maximum atomic E-state index is 12.0. The minimum Gasteiger partial charge on any atom is -0.481 e. The van der Waals surface area contributed by atoms with Gasteiger partial charge in [-0.05, 0) is 12.6 Å². The molecule has 2 amide bonds. The smallest absolute Gasteiger partial charge is 0.305 e. The molecule has 0 saturated carbocycles. The Balaban J connectivity index is 2.71. The average Bonchev–Trinajstić information content (AvgIpc) is 2.44. The summed E-state index contributed by atoms with van der Waals surface area (Å²) in [5.74, 6) is -2.35. The van der Waals surface area contributed by atoms with Crippen molar-refractivity contribution in [3.63, 3.8) is 0 Å². The Morgan fingerprint density at radius 1 is 1.19 bits per heavy atom. The topological polar surface area (TPSA) is 122 Å². The molecule has 7 nitrogen and oxygen atoms in total. The Morgan fingerprint density at radius 3 is 2.29 bits per heavy atom. The third-order valence-corrected chi connectivity index (χ3v) is 2.99. The maximum absolute atomic E-state index is 12.0. The van der Waals surface area contributed by atoms with Gasteiger partial charge >= 0.3 is 5.97 Å². The molecule has 0 aliphatic carbocycles. The van der Waals surface area contributed by atoms with Crippen molar-refractivity contribution in [2.45, 2.75) is 24.9 Å². The van der Waals surface area contributed by atoms with E-state index in [1.54, 1.807) is 0 Å². The van der Waals surface area contributed by atoms with Crippen molar-refractivity contribution in [1.82, 2.24) is 10.6 Å². The number of hydrogen-bond acceptors (Lipinski definition) is 4. The van der Waals surface area contributed by atoms with E-state index in [1.165, 1.54) is 7.05 Å². The van der Waals surface area contributed by atoms with Gasteiger partial charge in [-0.15, -0.1) is 0 Å². The van der Waals surface area contributed by atoms with Crippen molar-refractivity contribution in [3.8, 4) is 0 Å². The molecule has 0 heterocycles. The van der Waals surface area contributed by atoms with E-state index >= 15 is 0 Å². The van der Waals surface area contributed by atoms with Crippen molar-refractivity contribution in [2.24, 2.45) is 5.73 Å². The van der Waals surface area contributed by atoms with Crippen LogP contribution in [-0.2, 0) is 20.8 Å². The Labute approximate surface area is 122 Å². The van der Waals surface area contributed by atoms with Crippen molar-refractivity contribution in [3.05, 3.63) is 35.9 Å². The van der Waals surface area contributed by atoms with E-state index in [-0.39, 0.29) is 12.8 Å². The number of primary amides is 1. The van der Waals surface area contributed by atoms with Crippen LogP contribution in [0.25, 0.3) is 0 Å². The molecule has 1 unspecified atom stereocenters. The average molecular weight is 293 g/mol. The van der Waals surface area contributed by atoms with Gasteiger partial charge in [0.1, 0.15) is 6.04 Å². The number of amides is 2. The van der Waals surface area contributed by atoms with Gasteiger partial charge in [0.25, 0.3) is 0 Å². The van der Waals surface area contributed by atoms with Crippen LogP contribution in [0, 0.1) is 0 Å². The van der Waals surface area contributed by atoms with E-state index in [0.717, 1.165) is 5.56 Å². The Hall–Kier alpha value is -2.41. The first-order valence-corrected chi connectivity index (χ1v) is 6.46. The molecule has 0 aliphatic heterocycles. The predicted octanol–water partition coefficient (Wildman–Crippen LogP) is -0.738. The van der Waals surface area contributed by atoms with Crippen molar-refractivity contribution >= 4 is 17.8 Å². The van der Waals surface area contributed by atoms with Gasteiger partial charge in [-0.25, -0.2) is 0 Å². The Bertz CT molecular complexity index is 504. The summed E-state index contributed by atoms with van der Waals surface area (Å²) in [6.07, 6.45) is -0.120. The standard InChI is InChI=1S/C14H19N3O4/c1-16-11(8-12(18)19)14(21)17-10(13(15)20)7-9-5-3-2-4-6-9/h2-6,10-11,16H,7-8H2,1H3,(H2,15,20)(H,17,21)(H,18,19)/t10-,11?/m0/s1. The predicted molar refractivity (Wildman–Crippen MR) is 76.4 cm³/mol. The van der Waals surface area contributed by atoms with Crippen LogP contribution in [0.2, 0.25) is 0 Å². The third kappa shape index (κ3) is 5.62. The highest BCUT2D eigenvalue weighted by atomic mass is 16.4. The van der Waals surface area contributed by atoms with Crippen LogP contribution in [0.1, 0.15) is 12.0 Å². The minimum absolute atomic E-state index is 0.255. The molecular weight excluding hydrogens is 274 g/mol. The van der Waals surface area contributed by atoms with Crippen molar-refractivity contribution in [1.29, 1.82) is 0 Å². The van der Waals surface area contributed by atoms with Crippen molar-refractivity contribution in [2.75, 3.05) is 7.05 Å². The Morgan fingerprint density at radius 2 is 1.81 bits per heavy atom. The maximum Gasteiger partial charge on any atom is 0.305 e. The van der Waals surface area contributed by atoms with Gasteiger partial charge in [0, 0.05) is 6.42 Å². The lowest BCUT2D eigenvalue weighted by Gasteiger charge is -2.19. The number of carboxylic acids is 1. The quantitative estimate of drug-likeness (QED) is 0.503. The number of benzene rings is 1. The summed E-state index contributed by atoms with van der Waals surface area (Å²) in [6, 6.07) is 7.30. The molecule has 0 bridgehead atoms. The molecule has 0 spiro atoms. The normalized spacial score (nSPS) is 13.2. The largest absolute Gasteiger partial charge is 0.481 e. The summed E-state index contributed by atoms with van der Waals surface area (Å²) in [4.78, 5) is 34.1. The highest BCUT2D eigenvalue weighted by Gasteiger charge is 2.25. The second-order valence-electron chi connectivity index (χ2n) is 4.59. The Kier molecular flexibility index (Phi) is 6.35. The summed E-state index contributed by atoms with van der Waals surface area (Å²) in [5, 5.41) is 13.8. The lowest BCUT2D eigenvalue weighted by atomic mass is 10.0. The van der Waals surface area contributed by atoms with Crippen LogP contribution < -0.4 is 16.4 Å². The number of carbonyl (C=O) groups excluding carboxylic acids is 2. The zero-order chi connectivity index (χ0) is 15.8. The molecule has 1 aromatic carbocycles. The molecular formula is C14H19N3O4. The summed E-state index contributed by atoms with van der Waals surface area (Å²) >= 11 is 0. The minimum atomic E-state index is -1.11. The molecule has 1 rings (SSSR count). The van der Waals surface area contributed by atoms with Gasteiger partial charge in [-0.2, -0.15) is 0 Å². The number of carboxylic acid groups (broad SMARTS) is 1. The first-order chi connectivity index (χ1) is 9.93. The zero-order valence-corrected chi connectivity index (χ0v) is 11.7. The summed E-state index contributed by atoms with van der Waals surface area (Å²) in [6.45, 7) is 0. The van der Waals surface area contributed by atoms with E-state index in [4.69, 9.17) is 10.8 Å². The fourth-order valence-corrected chi connectivity index (χ4v) is 1.85. The van der Waals surface area contributed by atoms with E-state index < -0.39 is 29.9 Å². The first-order valence-electron chi connectivity index (χ1n) is 6.46. The third-order valence-electron chi connectivity index (χ3n) is 2.99. The van der Waals surface area contributed by atoms with Gasteiger partial charge in [-0.3, -0.25) is 14.4 Å². The second kappa shape index (κ2) is 8.01. The first kappa shape index (κ1) is 16.6. The van der Waals surface area contributed by atoms with E-state index in [1.807, 2.05) is 30.3 Å². The zero-order valence-electron chi connectivity index (χ0n) is 11.7. The lowest BCUT2D eigenvalue weighted by Crippen LogP contribution is -2.52. The summed E-state index contributed by atoms with van der Waals surface area (Å²) < 4.78 is 0. The van der Waals surface area contributed by atoms with Crippen LogP contribution >= 0.6 is 0 Å². The summed E-state index contributed by atoms with van der Waals surface area (Å²) in [7, 11) is 1.48. The van der Waals surface area contributed by atoms with Gasteiger partial charge < -0.3 is 21.5 Å². The molecule has 0 aliphatic rings. The van der Waals surface area contributed by atoms with Gasteiger partial charge in [0.2, 0.25) is 11.8 Å². The number of rotatable bonds is 8. The molecule has 0 saturated heterocycles. The molecule has 0 aromatic heterocycles. The highest BCUT2D eigenvalue weighted by molar-refractivity contribution is 5.91. The highest BCUT2D eigenvalue weighted by Crippen LogP contribution is 2.04. The molecule has 0 radical (unpaired) electrons. The summed E-state index contributed by atoms with van der Waals surface area (Å²) in [5.41, 5.74) is 6.13. The van der Waals surface area contributed by atoms with E-state index in [2.05, 4.69) is 10.6 Å². The van der Waals surface area contributed by atoms with Crippen LogP contribution in [0.4, 0.5) is 0 Å². The second-order valence-corrected chi connectivity index (χ2v) is 4.59. The van der Waals surface area contributed by atoms with Gasteiger partial charge in [0.15, 0.2) is 0 Å². The van der Waals surface area contributed by atoms with Crippen LogP contribution in [0.15, 0.2) is 30.3 Å². The number of likely N-dealkylation sites (N-methyl/N-ethyl adjacent to an activating group) is 1. The van der Waals surface area contributed by atoms with Gasteiger partial charge in [-0.1, -0.05) is 30.3 Å². The number of nitrogens with one attached hydrogen (secondary N) is 2. The molecule has 114 valence electrons. The van der Waals surface area contributed by atoms with Crippen LogP contribution in [0.3, 0.4) is 0 Å². The van der Waals surface area contributed by atoms with Crippen molar-refractivity contribution < 1.29 is 19.5 Å². The van der Waals surface area contributed by atoms with Crippen LogP contribution in [0.5, 0.6) is 0 Å². The van der Waals surface area contributed by atoms with Gasteiger partial charge in [0.05, 0.1) is 12.5 Å². The van der Waals surface area contributed by atoms with Crippen LogP contribution in [-0.4, -0.2) is 42.0 Å². The molecule has 0 fully saturated rings. The fourth-order valence-electron chi connectivity index (χ4n) is 1.85. The number of hydrogen-bond donors (Lipinski definition) is 4. The molecule has 5 N–H and O–H groups in total. The fraction of sp³-hybridized carbons (Fsp3) is 0.357. The van der Waals surface area contributed by atoms with E-state index in [0.29, 0.717) is 0 Å². The molecule has 1 aromatic rings. The SMILES string of the molecule is CNC(CC(=O)O)C(=O)N[C@@H](Cc1ccccc1)C(N)=O. The molecule has 21 heavy (non-hydrogen) atoms. The monoisotopic (exact) mass is 293 g/mol. The lowest BCUT2D eigenvalue weighted by molar-refractivity contribution is -0.140. The number of aliphatic carboxylic acids is 1. The molecule has 7 heteroatoms. The van der Waals surface area contributed by atoms with E-state index in [9.17, 15) is 14.4 Å². The number of carbonyl (C=O) groups is 3. The molecule has 2 atom stereocenters. The number of nitrogens with two attached hydrogens (primary N) is 1.